The first-order chi connectivity index (χ1) is 6.54. The second-order valence-electron chi connectivity index (χ2n) is 3.08. The smallest absolute Gasteiger partial charge is 0.0351 e. The Bertz CT molecular complexity index is 183. The number of hydrogen-bond donors (Lipinski definition) is 0. The molecule has 0 aromatic heterocycles. The summed E-state index contributed by atoms with van der Waals surface area (Å²) in [7, 11) is 3.25. The van der Waals surface area contributed by atoms with E-state index in [-0.39, 0.29) is 0 Å². The Kier molecular flexibility index (Phi) is 11.1. The minimum absolute atomic E-state index is 0.427. The molecular weight excluding hydrogens is 174 g/mol. The lowest BCUT2D eigenvalue weighted by atomic mass is 10.3. The minimum Gasteiger partial charge on any atom is -0.388 e. The minimum atomic E-state index is 0.427. The summed E-state index contributed by atoms with van der Waals surface area (Å²) in [6.45, 7) is 13.8. The summed E-state index contributed by atoms with van der Waals surface area (Å²) in [6, 6.07) is 0.427. The molecule has 0 unspecified atom stereocenters. The summed E-state index contributed by atoms with van der Waals surface area (Å²) in [4.78, 5) is 2.03. The van der Waals surface area contributed by atoms with Crippen LogP contribution in [0.4, 0.5) is 0 Å². The van der Waals surface area contributed by atoms with Gasteiger partial charge in [-0.15, -0.1) is 0 Å². The van der Waals surface area contributed by atoms with Crippen molar-refractivity contribution in [2.24, 2.45) is 0 Å². The molecule has 2 nitrogen and oxygen atoms in total. The highest BCUT2D eigenvalue weighted by molar-refractivity contribution is 5.15. The summed E-state index contributed by atoms with van der Waals surface area (Å²) in [5.74, 6) is 0. The van der Waals surface area contributed by atoms with E-state index in [4.69, 9.17) is 0 Å². The van der Waals surface area contributed by atoms with E-state index in [0.717, 1.165) is 5.70 Å². The van der Waals surface area contributed by atoms with E-state index in [1.54, 1.807) is 20.4 Å². The molecule has 0 bridgehead atoms. The molecule has 82 valence electrons. The van der Waals surface area contributed by atoms with Gasteiger partial charge in [-0.05, 0) is 33.0 Å². The van der Waals surface area contributed by atoms with Crippen molar-refractivity contribution >= 4 is 0 Å². The van der Waals surface area contributed by atoms with Crippen molar-refractivity contribution in [2.75, 3.05) is 14.2 Å². The molecule has 0 saturated carbocycles. The van der Waals surface area contributed by atoms with Gasteiger partial charge in [0.1, 0.15) is 0 Å². The zero-order chi connectivity index (χ0) is 11.6. The molecule has 0 spiro atoms. The van der Waals surface area contributed by atoms with Crippen molar-refractivity contribution in [3.8, 4) is 0 Å². The molecule has 0 aromatic rings. The molecule has 0 aliphatic carbocycles. The third kappa shape index (κ3) is 7.62. The molecule has 2 heteroatoms. The fourth-order valence-corrected chi connectivity index (χ4v) is 0.938. The predicted octanol–water partition coefficient (Wildman–Crippen LogP) is 3.19. The van der Waals surface area contributed by atoms with Gasteiger partial charge in [-0.3, -0.25) is 0 Å². The van der Waals surface area contributed by atoms with Gasteiger partial charge < -0.3 is 9.64 Å². The van der Waals surface area contributed by atoms with Crippen LogP contribution in [-0.4, -0.2) is 25.2 Å². The van der Waals surface area contributed by atoms with Gasteiger partial charge in [-0.2, -0.15) is 0 Å². The SMILES string of the molecule is C=CN(C(=C)/C=C\C)C(C)C.COC. The fraction of sp³-hybridized carbons (Fsp3) is 0.500. The summed E-state index contributed by atoms with van der Waals surface area (Å²) in [5.41, 5.74) is 0.984. The molecule has 0 aliphatic heterocycles. The van der Waals surface area contributed by atoms with Gasteiger partial charge >= 0.3 is 0 Å². The van der Waals surface area contributed by atoms with E-state index in [2.05, 4.69) is 31.7 Å². The lowest BCUT2D eigenvalue weighted by Crippen LogP contribution is -2.22. The average Bonchev–Trinajstić information content (AvgIpc) is 2.06. The van der Waals surface area contributed by atoms with Gasteiger partial charge in [-0.1, -0.05) is 19.2 Å². The van der Waals surface area contributed by atoms with Crippen molar-refractivity contribution in [1.82, 2.24) is 4.90 Å². The van der Waals surface area contributed by atoms with Gasteiger partial charge in [0, 0.05) is 26.0 Å². The maximum absolute atomic E-state index is 4.25. The maximum atomic E-state index is 4.25. The quantitative estimate of drug-likeness (QED) is 0.642. The highest BCUT2D eigenvalue weighted by atomic mass is 16.4. The molecule has 14 heavy (non-hydrogen) atoms. The van der Waals surface area contributed by atoms with Crippen LogP contribution >= 0.6 is 0 Å². The standard InChI is InChI=1S/C10H17N.C2H6O/c1-6-8-10(5)11(7-2)9(3)4;1-3-2/h6-9H,2,5H2,1,3-4H3;1-2H3/b8-6-;. The first-order valence-electron chi connectivity index (χ1n) is 4.67. The number of rotatable bonds is 4. The third-order valence-electron chi connectivity index (χ3n) is 1.44. The highest BCUT2D eigenvalue weighted by Crippen LogP contribution is 2.08. The lowest BCUT2D eigenvalue weighted by molar-refractivity contribution is 0.277. The number of ether oxygens (including phenoxy) is 1. The molecule has 0 amide bonds. The number of hydrogen-bond acceptors (Lipinski definition) is 2. The van der Waals surface area contributed by atoms with Crippen LogP contribution in [0.2, 0.25) is 0 Å². The zero-order valence-corrected chi connectivity index (χ0v) is 10.1. The van der Waals surface area contributed by atoms with Crippen molar-refractivity contribution in [2.45, 2.75) is 26.8 Å². The van der Waals surface area contributed by atoms with Crippen molar-refractivity contribution in [1.29, 1.82) is 0 Å². The summed E-state index contributed by atoms with van der Waals surface area (Å²) in [5, 5.41) is 0. The van der Waals surface area contributed by atoms with Crippen molar-refractivity contribution in [3.05, 3.63) is 37.2 Å². The normalized spacial score (nSPS) is 9.57. The fourth-order valence-electron chi connectivity index (χ4n) is 0.938. The molecule has 0 N–H and O–H groups in total. The second-order valence-corrected chi connectivity index (χ2v) is 3.08. The molecule has 0 aliphatic rings. The Labute approximate surface area is 88.6 Å². The van der Waals surface area contributed by atoms with Crippen LogP contribution in [0.1, 0.15) is 20.8 Å². The zero-order valence-electron chi connectivity index (χ0n) is 10.1. The van der Waals surface area contributed by atoms with E-state index in [9.17, 15) is 0 Å². The topological polar surface area (TPSA) is 12.5 Å². The van der Waals surface area contributed by atoms with Crippen LogP contribution in [0.3, 0.4) is 0 Å². The molecule has 0 aromatic carbocycles. The summed E-state index contributed by atoms with van der Waals surface area (Å²) < 4.78 is 4.25. The lowest BCUT2D eigenvalue weighted by Gasteiger charge is -2.24. The molecule has 0 radical (unpaired) electrons. The van der Waals surface area contributed by atoms with Crippen molar-refractivity contribution < 1.29 is 4.74 Å². The molecule has 0 saturated heterocycles. The van der Waals surface area contributed by atoms with E-state index >= 15 is 0 Å². The van der Waals surface area contributed by atoms with E-state index in [0.29, 0.717) is 6.04 Å². The van der Waals surface area contributed by atoms with Crippen molar-refractivity contribution in [3.63, 3.8) is 0 Å². The largest absolute Gasteiger partial charge is 0.388 e. The molecular formula is C12H23NO. The van der Waals surface area contributed by atoms with E-state index in [1.165, 1.54) is 0 Å². The van der Waals surface area contributed by atoms with Crippen LogP contribution in [0.15, 0.2) is 37.2 Å². The Balaban J connectivity index is 0. The monoisotopic (exact) mass is 197 g/mol. The third-order valence-corrected chi connectivity index (χ3v) is 1.44. The maximum Gasteiger partial charge on any atom is 0.0351 e. The first-order valence-corrected chi connectivity index (χ1v) is 4.67. The van der Waals surface area contributed by atoms with Gasteiger partial charge in [0.25, 0.3) is 0 Å². The summed E-state index contributed by atoms with van der Waals surface area (Å²) in [6.07, 6.45) is 5.75. The molecule has 0 rings (SSSR count). The Hall–Kier alpha value is -1.02. The Morgan fingerprint density at radius 2 is 1.79 bits per heavy atom. The number of nitrogens with zero attached hydrogens (tertiary/aromatic N) is 1. The Morgan fingerprint density at radius 1 is 1.36 bits per heavy atom. The van der Waals surface area contributed by atoms with E-state index < -0.39 is 0 Å². The molecule has 0 heterocycles. The van der Waals surface area contributed by atoms with Gasteiger partial charge in [0.15, 0.2) is 0 Å². The predicted molar refractivity (Wildman–Crippen MR) is 64.1 cm³/mol. The first kappa shape index (κ1) is 15.5. The van der Waals surface area contributed by atoms with Crippen LogP contribution < -0.4 is 0 Å². The van der Waals surface area contributed by atoms with Gasteiger partial charge in [0.05, 0.1) is 0 Å². The number of methoxy groups -OCH3 is 1. The molecule has 0 atom stereocenters. The molecule has 0 fully saturated rings. The van der Waals surface area contributed by atoms with Crippen LogP contribution in [0.25, 0.3) is 0 Å². The van der Waals surface area contributed by atoms with Gasteiger partial charge in [-0.25, -0.2) is 0 Å². The van der Waals surface area contributed by atoms with Crippen LogP contribution in [0.5, 0.6) is 0 Å². The number of allylic oxidation sites excluding steroid dienone is 2. The average molecular weight is 197 g/mol. The van der Waals surface area contributed by atoms with E-state index in [1.807, 2.05) is 24.0 Å². The highest BCUT2D eigenvalue weighted by Gasteiger charge is 2.03. The van der Waals surface area contributed by atoms with Gasteiger partial charge in [0.2, 0.25) is 0 Å². The second kappa shape index (κ2) is 10.1. The van der Waals surface area contributed by atoms with Crippen LogP contribution in [0, 0.1) is 0 Å². The summed E-state index contributed by atoms with van der Waals surface area (Å²) >= 11 is 0. The van der Waals surface area contributed by atoms with Crippen LogP contribution in [-0.2, 0) is 4.74 Å². The Morgan fingerprint density at radius 3 is 2.00 bits per heavy atom.